The maximum absolute atomic E-state index is 12.5. The molecule has 2 aromatic carbocycles. The highest BCUT2D eigenvalue weighted by molar-refractivity contribution is 9.10. The quantitative estimate of drug-likeness (QED) is 0.666. The zero-order chi connectivity index (χ0) is 20.2. The fourth-order valence-corrected chi connectivity index (χ4v) is 4.31. The Labute approximate surface area is 166 Å². The molecule has 0 aliphatic heterocycles. The van der Waals surface area contributed by atoms with Gasteiger partial charge in [0.05, 0.1) is 16.1 Å². The van der Waals surface area contributed by atoms with Crippen LogP contribution in [0.15, 0.2) is 51.8 Å². The molecular weight excluding hydrogens is 436 g/mol. The van der Waals surface area contributed by atoms with Gasteiger partial charge in [-0.2, -0.15) is 4.31 Å². The lowest BCUT2D eigenvalue weighted by Gasteiger charge is -2.18. The molecule has 0 spiro atoms. The molecule has 0 saturated carbocycles. The van der Waals surface area contributed by atoms with Crippen molar-refractivity contribution in [2.75, 3.05) is 18.4 Å². The first-order valence-corrected chi connectivity index (χ1v) is 10.4. The minimum atomic E-state index is -3.61. The van der Waals surface area contributed by atoms with E-state index in [-0.39, 0.29) is 21.7 Å². The topological polar surface area (TPSA) is 104 Å². The second-order valence-electron chi connectivity index (χ2n) is 5.56. The lowest BCUT2D eigenvalue weighted by molar-refractivity contribution is 0.0698. The second-order valence-corrected chi connectivity index (χ2v) is 8.42. The van der Waals surface area contributed by atoms with Crippen LogP contribution in [-0.2, 0) is 10.0 Å². The molecular formula is C18H19BrN2O5S. The number of aromatic carboxylic acids is 1. The van der Waals surface area contributed by atoms with Gasteiger partial charge in [0.2, 0.25) is 10.0 Å². The SMILES string of the molecule is CCN(CC)S(=O)(=O)c1ccc(C(=O)Nc2ccc(Br)cc2C(=O)O)cc1. The molecule has 7 nitrogen and oxygen atoms in total. The van der Waals surface area contributed by atoms with Crippen molar-refractivity contribution in [1.29, 1.82) is 0 Å². The molecule has 27 heavy (non-hydrogen) atoms. The molecule has 0 aromatic heterocycles. The smallest absolute Gasteiger partial charge is 0.337 e. The van der Waals surface area contributed by atoms with E-state index in [0.717, 1.165) is 0 Å². The number of hydrogen-bond acceptors (Lipinski definition) is 4. The highest BCUT2D eigenvalue weighted by Crippen LogP contribution is 2.22. The third-order valence-electron chi connectivity index (χ3n) is 3.92. The van der Waals surface area contributed by atoms with E-state index < -0.39 is 21.9 Å². The minimum Gasteiger partial charge on any atom is -0.478 e. The number of anilines is 1. The summed E-state index contributed by atoms with van der Waals surface area (Å²) in [5.41, 5.74) is 0.307. The maximum Gasteiger partial charge on any atom is 0.337 e. The number of nitrogens with one attached hydrogen (secondary N) is 1. The molecule has 0 radical (unpaired) electrons. The Kier molecular flexibility index (Phi) is 6.74. The molecule has 2 aromatic rings. The average molecular weight is 455 g/mol. The van der Waals surface area contributed by atoms with Crippen LogP contribution in [0.25, 0.3) is 0 Å². The van der Waals surface area contributed by atoms with E-state index >= 15 is 0 Å². The van der Waals surface area contributed by atoms with Crippen molar-refractivity contribution >= 4 is 43.5 Å². The maximum atomic E-state index is 12.5. The van der Waals surface area contributed by atoms with Gasteiger partial charge in [-0.3, -0.25) is 4.79 Å². The molecule has 0 saturated heterocycles. The van der Waals surface area contributed by atoms with Crippen LogP contribution in [0.3, 0.4) is 0 Å². The van der Waals surface area contributed by atoms with Crippen LogP contribution in [0, 0.1) is 0 Å². The van der Waals surface area contributed by atoms with E-state index in [9.17, 15) is 23.1 Å². The van der Waals surface area contributed by atoms with Gasteiger partial charge in [-0.05, 0) is 42.5 Å². The number of hydrogen-bond donors (Lipinski definition) is 2. The Morgan fingerprint density at radius 3 is 2.19 bits per heavy atom. The molecule has 2 N–H and O–H groups in total. The van der Waals surface area contributed by atoms with Crippen molar-refractivity contribution in [3.8, 4) is 0 Å². The van der Waals surface area contributed by atoms with Crippen molar-refractivity contribution in [2.24, 2.45) is 0 Å². The summed E-state index contributed by atoms with van der Waals surface area (Å²) in [5, 5.41) is 11.8. The fourth-order valence-electron chi connectivity index (χ4n) is 2.49. The zero-order valence-corrected chi connectivity index (χ0v) is 17.2. The molecule has 0 aliphatic carbocycles. The van der Waals surface area contributed by atoms with Crippen LogP contribution >= 0.6 is 15.9 Å². The third-order valence-corrected chi connectivity index (χ3v) is 6.48. The molecule has 0 fully saturated rings. The summed E-state index contributed by atoms with van der Waals surface area (Å²) in [5.74, 6) is -1.71. The number of carboxylic acids is 1. The molecule has 0 bridgehead atoms. The van der Waals surface area contributed by atoms with Crippen molar-refractivity contribution in [3.63, 3.8) is 0 Å². The monoisotopic (exact) mass is 454 g/mol. The van der Waals surface area contributed by atoms with Gasteiger partial charge in [0.15, 0.2) is 0 Å². The number of carbonyl (C=O) groups is 2. The predicted octanol–water partition coefficient (Wildman–Crippen LogP) is 3.43. The summed E-state index contributed by atoms with van der Waals surface area (Å²) in [6.45, 7) is 4.20. The Morgan fingerprint density at radius 1 is 1.07 bits per heavy atom. The van der Waals surface area contributed by atoms with E-state index in [1.165, 1.54) is 40.7 Å². The second kappa shape index (κ2) is 8.64. The zero-order valence-electron chi connectivity index (χ0n) is 14.8. The summed E-state index contributed by atoms with van der Waals surface area (Å²) in [4.78, 5) is 23.8. The first kappa shape index (κ1) is 21.1. The molecule has 0 atom stereocenters. The van der Waals surface area contributed by atoms with E-state index in [1.807, 2.05) is 0 Å². The number of halogens is 1. The Bertz CT molecular complexity index is 954. The van der Waals surface area contributed by atoms with Crippen molar-refractivity contribution in [2.45, 2.75) is 18.7 Å². The van der Waals surface area contributed by atoms with Crippen LogP contribution in [0.2, 0.25) is 0 Å². The van der Waals surface area contributed by atoms with Gasteiger partial charge in [-0.25, -0.2) is 13.2 Å². The summed E-state index contributed by atoms with van der Waals surface area (Å²) in [7, 11) is -3.61. The molecule has 0 aliphatic rings. The number of amides is 1. The predicted molar refractivity (Wildman–Crippen MR) is 106 cm³/mol. The van der Waals surface area contributed by atoms with E-state index in [2.05, 4.69) is 21.2 Å². The normalized spacial score (nSPS) is 11.4. The average Bonchev–Trinajstić information content (AvgIpc) is 2.63. The molecule has 9 heteroatoms. The highest BCUT2D eigenvalue weighted by atomic mass is 79.9. The van der Waals surface area contributed by atoms with Crippen LogP contribution in [0.1, 0.15) is 34.6 Å². The van der Waals surface area contributed by atoms with Gasteiger partial charge in [0.25, 0.3) is 5.91 Å². The van der Waals surface area contributed by atoms with Gasteiger partial charge in [-0.1, -0.05) is 29.8 Å². The molecule has 2 rings (SSSR count). The van der Waals surface area contributed by atoms with Crippen LogP contribution in [0.4, 0.5) is 5.69 Å². The number of nitrogens with zero attached hydrogens (tertiary/aromatic N) is 1. The highest BCUT2D eigenvalue weighted by Gasteiger charge is 2.22. The minimum absolute atomic E-state index is 0.0570. The molecule has 1 amide bonds. The summed E-state index contributed by atoms with van der Waals surface area (Å²) in [6, 6.07) is 9.99. The summed E-state index contributed by atoms with van der Waals surface area (Å²) in [6.07, 6.45) is 0. The number of benzene rings is 2. The Balaban J connectivity index is 2.26. The number of carboxylic acid groups (broad SMARTS) is 1. The lowest BCUT2D eigenvalue weighted by atomic mass is 10.1. The van der Waals surface area contributed by atoms with Gasteiger partial charge in [0, 0.05) is 23.1 Å². The molecule has 0 unspecified atom stereocenters. The number of sulfonamides is 1. The number of carbonyl (C=O) groups excluding carboxylic acids is 1. The Hall–Kier alpha value is -2.23. The van der Waals surface area contributed by atoms with E-state index in [4.69, 9.17) is 0 Å². The van der Waals surface area contributed by atoms with Crippen LogP contribution in [0.5, 0.6) is 0 Å². The van der Waals surface area contributed by atoms with Gasteiger partial charge in [-0.15, -0.1) is 0 Å². The molecule has 144 valence electrons. The lowest BCUT2D eigenvalue weighted by Crippen LogP contribution is -2.30. The fraction of sp³-hybridized carbons (Fsp3) is 0.222. The molecule has 0 heterocycles. The van der Waals surface area contributed by atoms with Crippen molar-refractivity contribution in [1.82, 2.24) is 4.31 Å². The van der Waals surface area contributed by atoms with Gasteiger partial charge >= 0.3 is 5.97 Å². The van der Waals surface area contributed by atoms with Crippen molar-refractivity contribution < 1.29 is 23.1 Å². The van der Waals surface area contributed by atoms with E-state index in [1.54, 1.807) is 19.9 Å². The Morgan fingerprint density at radius 2 is 1.67 bits per heavy atom. The summed E-state index contributed by atoms with van der Waals surface area (Å²) < 4.78 is 26.8. The third kappa shape index (κ3) is 4.74. The standard InChI is InChI=1S/C18H19BrN2O5S/c1-3-21(4-2)27(25,26)14-8-5-12(6-9-14)17(22)20-16-10-7-13(19)11-15(16)18(23)24/h5-11H,3-4H2,1-2H3,(H,20,22)(H,23,24). The van der Waals surface area contributed by atoms with Crippen LogP contribution in [-0.4, -0.2) is 42.8 Å². The van der Waals surface area contributed by atoms with E-state index in [0.29, 0.717) is 17.6 Å². The van der Waals surface area contributed by atoms with Gasteiger partial charge in [0.1, 0.15) is 0 Å². The summed E-state index contributed by atoms with van der Waals surface area (Å²) >= 11 is 3.19. The largest absolute Gasteiger partial charge is 0.478 e. The number of rotatable bonds is 7. The van der Waals surface area contributed by atoms with Gasteiger partial charge < -0.3 is 10.4 Å². The first-order valence-electron chi connectivity index (χ1n) is 8.15. The van der Waals surface area contributed by atoms with Crippen LogP contribution < -0.4 is 5.32 Å². The van der Waals surface area contributed by atoms with Crippen molar-refractivity contribution in [3.05, 3.63) is 58.1 Å². The first-order chi connectivity index (χ1) is 12.7.